The number of benzene rings is 2. The van der Waals surface area contributed by atoms with Crippen LogP contribution in [0.5, 0.6) is 0 Å². The average molecular weight is 469 g/mol. The molecule has 0 unspecified atom stereocenters. The third kappa shape index (κ3) is 4.82. The van der Waals surface area contributed by atoms with Crippen LogP contribution in [0, 0.1) is 18.6 Å². The molecule has 0 radical (unpaired) electrons. The van der Waals surface area contributed by atoms with Crippen molar-refractivity contribution in [3.05, 3.63) is 82.3 Å². The lowest BCUT2D eigenvalue weighted by Gasteiger charge is -2.12. The number of rotatable bonds is 6. The summed E-state index contributed by atoms with van der Waals surface area (Å²) in [6.45, 7) is 1.56. The number of amides is 3. The summed E-state index contributed by atoms with van der Waals surface area (Å²) in [6, 6.07) is 11.5. The Morgan fingerprint density at radius 3 is 2.58 bits per heavy atom. The molecule has 1 saturated heterocycles. The Morgan fingerprint density at radius 1 is 1.12 bits per heavy atom. The molecule has 1 aromatic heterocycles. The van der Waals surface area contributed by atoms with Gasteiger partial charge in [0.1, 0.15) is 17.5 Å². The third-order valence-electron chi connectivity index (χ3n) is 4.73. The minimum Gasteiger partial charge on any atom is -0.347 e. The molecular weight excluding hydrogens is 452 g/mol. The molecule has 1 aliphatic heterocycles. The summed E-state index contributed by atoms with van der Waals surface area (Å²) in [5, 5.41) is 6.19. The molecule has 4 rings (SSSR count). The van der Waals surface area contributed by atoms with Gasteiger partial charge in [0.05, 0.1) is 10.6 Å². The minimum atomic E-state index is -0.590. The van der Waals surface area contributed by atoms with Gasteiger partial charge in [-0.05, 0) is 55.1 Å². The van der Waals surface area contributed by atoms with Gasteiger partial charge < -0.3 is 5.32 Å². The smallest absolute Gasteiger partial charge is 0.293 e. The zero-order chi connectivity index (χ0) is 23.5. The summed E-state index contributed by atoms with van der Waals surface area (Å²) in [4.78, 5) is 42.4. The fourth-order valence-corrected chi connectivity index (χ4v) is 3.96. The Morgan fingerprint density at radius 2 is 1.85 bits per heavy atom. The van der Waals surface area contributed by atoms with E-state index in [1.165, 1.54) is 53.2 Å². The number of imide groups is 1. The maximum atomic E-state index is 13.8. The van der Waals surface area contributed by atoms with E-state index in [9.17, 15) is 23.2 Å². The second kappa shape index (κ2) is 9.33. The zero-order valence-corrected chi connectivity index (χ0v) is 18.1. The van der Waals surface area contributed by atoms with E-state index in [0.29, 0.717) is 23.3 Å². The third-order valence-corrected chi connectivity index (χ3v) is 5.64. The summed E-state index contributed by atoms with van der Waals surface area (Å²) in [6.07, 6.45) is 1.33. The van der Waals surface area contributed by atoms with Crippen molar-refractivity contribution in [3.8, 4) is 5.69 Å². The Kier molecular flexibility index (Phi) is 6.31. The van der Waals surface area contributed by atoms with Gasteiger partial charge in [-0.15, -0.1) is 5.10 Å². The SMILES string of the molecule is Cc1nc(C(=O)NCCN2C(=O)S/C(=C\c3ccccc3F)C2=O)nn1-c1ccc(F)cc1. The van der Waals surface area contributed by atoms with E-state index >= 15 is 0 Å². The fraction of sp³-hybridized carbons (Fsp3) is 0.136. The first-order valence-corrected chi connectivity index (χ1v) is 10.6. The summed E-state index contributed by atoms with van der Waals surface area (Å²) in [5.74, 6) is -1.73. The van der Waals surface area contributed by atoms with Gasteiger partial charge in [0.25, 0.3) is 17.1 Å². The quantitative estimate of drug-likeness (QED) is 0.557. The summed E-state index contributed by atoms with van der Waals surface area (Å²) in [7, 11) is 0. The normalized spacial score (nSPS) is 14.9. The number of hydrogen-bond acceptors (Lipinski definition) is 6. The molecule has 0 saturated carbocycles. The van der Waals surface area contributed by atoms with Crippen LogP contribution in [-0.4, -0.2) is 49.8 Å². The Balaban J connectivity index is 1.37. The molecule has 1 fully saturated rings. The van der Waals surface area contributed by atoms with E-state index in [0.717, 1.165) is 4.90 Å². The Hall–Kier alpha value is -3.86. The minimum absolute atomic E-state index is 0.0199. The van der Waals surface area contributed by atoms with Gasteiger partial charge in [0.15, 0.2) is 0 Å². The monoisotopic (exact) mass is 469 g/mol. The number of carbonyl (C=O) groups excluding carboxylic acids is 3. The number of aromatic nitrogens is 3. The van der Waals surface area contributed by atoms with E-state index in [2.05, 4.69) is 15.4 Å². The lowest BCUT2D eigenvalue weighted by molar-refractivity contribution is -0.122. The van der Waals surface area contributed by atoms with Crippen molar-refractivity contribution in [2.24, 2.45) is 0 Å². The van der Waals surface area contributed by atoms with Crippen LogP contribution in [0.25, 0.3) is 11.8 Å². The Bertz CT molecular complexity index is 1270. The molecule has 11 heteroatoms. The second-order valence-corrected chi connectivity index (χ2v) is 7.97. The predicted molar refractivity (Wildman–Crippen MR) is 117 cm³/mol. The molecule has 1 N–H and O–H groups in total. The van der Waals surface area contributed by atoms with E-state index in [1.807, 2.05) is 0 Å². The maximum absolute atomic E-state index is 13.8. The van der Waals surface area contributed by atoms with Gasteiger partial charge in [0.2, 0.25) is 5.82 Å². The van der Waals surface area contributed by atoms with E-state index in [-0.39, 0.29) is 29.4 Å². The molecule has 0 atom stereocenters. The van der Waals surface area contributed by atoms with Crippen molar-refractivity contribution in [2.45, 2.75) is 6.92 Å². The number of aryl methyl sites for hydroxylation is 1. The van der Waals surface area contributed by atoms with Crippen molar-refractivity contribution in [3.63, 3.8) is 0 Å². The molecule has 0 spiro atoms. The van der Waals surface area contributed by atoms with Crippen LogP contribution in [0.3, 0.4) is 0 Å². The first-order valence-electron chi connectivity index (χ1n) is 9.81. The predicted octanol–water partition coefficient (Wildman–Crippen LogP) is 3.32. The van der Waals surface area contributed by atoms with Gasteiger partial charge in [-0.25, -0.2) is 18.4 Å². The van der Waals surface area contributed by atoms with Crippen molar-refractivity contribution in [2.75, 3.05) is 13.1 Å². The molecule has 0 bridgehead atoms. The largest absolute Gasteiger partial charge is 0.347 e. The summed E-state index contributed by atoms with van der Waals surface area (Å²) < 4.78 is 28.4. The standard InChI is InChI=1S/C22H17F2N5O3S/c1-13-26-19(27-29(13)16-8-6-15(23)7-9-16)20(30)25-10-11-28-21(31)18(33-22(28)32)12-14-4-2-3-5-17(14)24/h2-9,12H,10-11H2,1H3,(H,25,30)/b18-12-. The lowest BCUT2D eigenvalue weighted by atomic mass is 10.2. The van der Waals surface area contributed by atoms with Gasteiger partial charge in [0, 0.05) is 18.7 Å². The highest BCUT2D eigenvalue weighted by atomic mass is 32.2. The average Bonchev–Trinajstić information content (AvgIpc) is 3.30. The second-order valence-electron chi connectivity index (χ2n) is 6.98. The van der Waals surface area contributed by atoms with Crippen LogP contribution >= 0.6 is 11.8 Å². The van der Waals surface area contributed by atoms with Crippen LogP contribution < -0.4 is 5.32 Å². The fourth-order valence-electron chi connectivity index (χ4n) is 3.10. The number of hydrogen-bond donors (Lipinski definition) is 1. The van der Waals surface area contributed by atoms with E-state index in [1.54, 1.807) is 13.0 Å². The van der Waals surface area contributed by atoms with Gasteiger partial charge >= 0.3 is 0 Å². The summed E-state index contributed by atoms with van der Waals surface area (Å²) >= 11 is 0.709. The topological polar surface area (TPSA) is 97.2 Å². The van der Waals surface area contributed by atoms with Crippen LogP contribution in [-0.2, 0) is 4.79 Å². The highest BCUT2D eigenvalue weighted by Crippen LogP contribution is 2.32. The molecule has 3 amide bonds. The van der Waals surface area contributed by atoms with Crippen molar-refractivity contribution in [1.29, 1.82) is 0 Å². The number of thioether (sulfide) groups is 1. The van der Waals surface area contributed by atoms with Crippen molar-refractivity contribution in [1.82, 2.24) is 25.0 Å². The van der Waals surface area contributed by atoms with Gasteiger partial charge in [-0.1, -0.05) is 18.2 Å². The van der Waals surface area contributed by atoms with Crippen LogP contribution in [0.1, 0.15) is 22.0 Å². The molecule has 33 heavy (non-hydrogen) atoms. The number of halogens is 2. The molecule has 1 aliphatic rings. The van der Waals surface area contributed by atoms with Crippen molar-refractivity contribution < 1.29 is 23.2 Å². The maximum Gasteiger partial charge on any atom is 0.293 e. The zero-order valence-electron chi connectivity index (χ0n) is 17.3. The first kappa shape index (κ1) is 22.3. The molecule has 3 aromatic rings. The highest BCUT2D eigenvalue weighted by molar-refractivity contribution is 8.18. The molecular formula is C22H17F2N5O3S. The number of nitrogens with zero attached hydrogens (tertiary/aromatic N) is 4. The van der Waals surface area contributed by atoms with E-state index in [4.69, 9.17) is 0 Å². The van der Waals surface area contributed by atoms with Gasteiger partial charge in [-0.3, -0.25) is 19.3 Å². The number of carbonyl (C=O) groups is 3. The molecule has 2 heterocycles. The molecule has 168 valence electrons. The van der Waals surface area contributed by atoms with Crippen LogP contribution in [0.15, 0.2) is 53.4 Å². The first-order chi connectivity index (χ1) is 15.8. The lowest BCUT2D eigenvalue weighted by Crippen LogP contribution is -2.37. The highest BCUT2D eigenvalue weighted by Gasteiger charge is 2.35. The van der Waals surface area contributed by atoms with Crippen LogP contribution in [0.2, 0.25) is 0 Å². The van der Waals surface area contributed by atoms with Crippen LogP contribution in [0.4, 0.5) is 13.6 Å². The van der Waals surface area contributed by atoms with Crippen molar-refractivity contribution >= 4 is 34.9 Å². The molecule has 0 aliphatic carbocycles. The molecule has 8 nitrogen and oxygen atoms in total. The number of nitrogens with one attached hydrogen (secondary N) is 1. The summed E-state index contributed by atoms with van der Waals surface area (Å²) in [5.41, 5.74) is 0.745. The van der Waals surface area contributed by atoms with E-state index < -0.39 is 28.7 Å². The molecule has 2 aromatic carbocycles. The van der Waals surface area contributed by atoms with Gasteiger partial charge in [-0.2, -0.15) is 0 Å². The Labute approximate surface area is 191 Å².